The van der Waals surface area contributed by atoms with Crippen LogP contribution in [0.3, 0.4) is 0 Å². The van der Waals surface area contributed by atoms with Gasteiger partial charge in [0, 0.05) is 6.07 Å². The van der Waals surface area contributed by atoms with Gasteiger partial charge in [-0.1, -0.05) is 5.16 Å². The molecule has 5 nitrogen and oxygen atoms in total. The van der Waals surface area contributed by atoms with Gasteiger partial charge in [-0.25, -0.2) is 0 Å². The number of hydrogen-bond donors (Lipinski definition) is 2. The Labute approximate surface area is 63.5 Å². The number of hydrogen-bond acceptors (Lipinski definition) is 4. The smallest absolute Gasteiger partial charge is 0.239 e. The van der Waals surface area contributed by atoms with Crippen molar-refractivity contribution < 1.29 is 9.32 Å². The Hall–Kier alpha value is -1.36. The van der Waals surface area contributed by atoms with E-state index in [-0.39, 0.29) is 12.5 Å². The molecule has 0 saturated carbocycles. The Morgan fingerprint density at radius 1 is 1.91 bits per heavy atom. The predicted octanol–water partition coefficient (Wildman–Crippen LogP) is -0.120. The predicted molar refractivity (Wildman–Crippen MR) is 38.9 cm³/mol. The lowest BCUT2D eigenvalue weighted by molar-refractivity contribution is -0.114. The van der Waals surface area contributed by atoms with E-state index in [0.717, 1.165) is 0 Å². The molecule has 0 aliphatic carbocycles. The van der Waals surface area contributed by atoms with Crippen molar-refractivity contribution >= 4 is 11.7 Å². The van der Waals surface area contributed by atoms with Crippen LogP contribution < -0.4 is 11.1 Å². The lowest BCUT2D eigenvalue weighted by atomic mass is 10.5. The zero-order valence-corrected chi connectivity index (χ0v) is 6.13. The highest BCUT2D eigenvalue weighted by molar-refractivity contribution is 5.91. The van der Waals surface area contributed by atoms with E-state index in [4.69, 9.17) is 10.3 Å². The van der Waals surface area contributed by atoms with E-state index in [0.29, 0.717) is 11.6 Å². The highest BCUT2D eigenvalue weighted by atomic mass is 16.5. The maximum Gasteiger partial charge on any atom is 0.239 e. The van der Waals surface area contributed by atoms with E-state index in [1.807, 2.05) is 0 Å². The SMILES string of the molecule is Cc1cc(NC(=O)CN)no1. The maximum absolute atomic E-state index is 10.7. The molecular formula is C6H9N3O2. The second-order valence-corrected chi connectivity index (χ2v) is 2.08. The van der Waals surface area contributed by atoms with Crippen molar-refractivity contribution in [3.8, 4) is 0 Å². The molecule has 0 aliphatic rings. The first kappa shape index (κ1) is 7.74. The van der Waals surface area contributed by atoms with Gasteiger partial charge in [0.05, 0.1) is 6.54 Å². The second kappa shape index (κ2) is 3.16. The van der Waals surface area contributed by atoms with Gasteiger partial charge in [0.25, 0.3) is 0 Å². The lowest BCUT2D eigenvalue weighted by Crippen LogP contribution is -2.21. The third kappa shape index (κ3) is 2.05. The summed E-state index contributed by atoms with van der Waals surface area (Å²) in [6, 6.07) is 1.62. The minimum atomic E-state index is -0.279. The summed E-state index contributed by atoms with van der Waals surface area (Å²) in [5, 5.41) is 5.98. The number of aryl methyl sites for hydroxylation is 1. The van der Waals surface area contributed by atoms with E-state index in [1.165, 1.54) is 0 Å². The van der Waals surface area contributed by atoms with Crippen LogP contribution in [0.1, 0.15) is 5.76 Å². The average Bonchev–Trinajstić information content (AvgIpc) is 2.35. The van der Waals surface area contributed by atoms with E-state index in [2.05, 4.69) is 10.5 Å². The quantitative estimate of drug-likeness (QED) is 0.623. The fourth-order valence-electron chi connectivity index (χ4n) is 0.619. The second-order valence-electron chi connectivity index (χ2n) is 2.08. The number of nitrogens with zero attached hydrogens (tertiary/aromatic N) is 1. The van der Waals surface area contributed by atoms with Crippen molar-refractivity contribution in [3.05, 3.63) is 11.8 Å². The summed E-state index contributed by atoms with van der Waals surface area (Å²) in [7, 11) is 0. The highest BCUT2D eigenvalue weighted by Gasteiger charge is 2.02. The van der Waals surface area contributed by atoms with E-state index >= 15 is 0 Å². The van der Waals surface area contributed by atoms with Crippen LogP contribution in [0.4, 0.5) is 5.82 Å². The first-order valence-corrected chi connectivity index (χ1v) is 3.15. The summed E-state index contributed by atoms with van der Waals surface area (Å²) < 4.78 is 4.70. The summed E-state index contributed by atoms with van der Waals surface area (Å²) >= 11 is 0. The molecule has 0 bridgehead atoms. The number of nitrogens with one attached hydrogen (secondary N) is 1. The van der Waals surface area contributed by atoms with Crippen LogP contribution in [0.15, 0.2) is 10.6 Å². The monoisotopic (exact) mass is 155 g/mol. The van der Waals surface area contributed by atoms with Crippen molar-refractivity contribution in [1.82, 2.24) is 5.16 Å². The fourth-order valence-corrected chi connectivity index (χ4v) is 0.619. The maximum atomic E-state index is 10.7. The van der Waals surface area contributed by atoms with Gasteiger partial charge in [-0.2, -0.15) is 0 Å². The van der Waals surface area contributed by atoms with Crippen LogP contribution in [0.2, 0.25) is 0 Å². The van der Waals surface area contributed by atoms with Crippen LogP contribution in [-0.2, 0) is 4.79 Å². The van der Waals surface area contributed by atoms with Gasteiger partial charge in [-0.3, -0.25) is 4.79 Å². The summed E-state index contributed by atoms with van der Waals surface area (Å²) in [4.78, 5) is 10.7. The summed E-state index contributed by atoms with van der Waals surface area (Å²) in [6.45, 7) is 1.69. The van der Waals surface area contributed by atoms with Gasteiger partial charge in [-0.15, -0.1) is 0 Å². The third-order valence-electron chi connectivity index (χ3n) is 1.08. The van der Waals surface area contributed by atoms with E-state index in [9.17, 15) is 4.79 Å². The van der Waals surface area contributed by atoms with E-state index < -0.39 is 0 Å². The van der Waals surface area contributed by atoms with Crippen LogP contribution >= 0.6 is 0 Å². The van der Waals surface area contributed by atoms with Gasteiger partial charge in [0.2, 0.25) is 5.91 Å². The Morgan fingerprint density at radius 3 is 3.09 bits per heavy atom. The normalized spacial score (nSPS) is 9.64. The van der Waals surface area contributed by atoms with Crippen LogP contribution in [0.5, 0.6) is 0 Å². The first-order valence-electron chi connectivity index (χ1n) is 3.15. The molecule has 3 N–H and O–H groups in total. The molecule has 5 heteroatoms. The van der Waals surface area contributed by atoms with Crippen LogP contribution in [0, 0.1) is 6.92 Å². The molecule has 1 aromatic rings. The lowest BCUT2D eigenvalue weighted by Gasteiger charge is -1.94. The number of carbonyl (C=O) groups is 1. The van der Waals surface area contributed by atoms with Gasteiger partial charge >= 0.3 is 0 Å². The van der Waals surface area contributed by atoms with Crippen molar-refractivity contribution in [3.63, 3.8) is 0 Å². The van der Waals surface area contributed by atoms with Crippen LogP contribution in [-0.4, -0.2) is 17.6 Å². The molecule has 0 fully saturated rings. The number of anilines is 1. The van der Waals surface area contributed by atoms with Crippen molar-refractivity contribution in [2.24, 2.45) is 5.73 Å². The highest BCUT2D eigenvalue weighted by Crippen LogP contribution is 2.05. The number of amides is 1. The molecule has 0 radical (unpaired) electrons. The van der Waals surface area contributed by atoms with Crippen molar-refractivity contribution in [1.29, 1.82) is 0 Å². The number of carbonyl (C=O) groups excluding carboxylic acids is 1. The molecule has 1 rings (SSSR count). The first-order chi connectivity index (χ1) is 5.22. The standard InChI is InChI=1S/C6H9N3O2/c1-4-2-5(9-11-4)8-6(10)3-7/h2H,3,7H2,1H3,(H,8,9,10). The average molecular weight is 155 g/mol. The molecular weight excluding hydrogens is 146 g/mol. The Morgan fingerprint density at radius 2 is 2.64 bits per heavy atom. The van der Waals surface area contributed by atoms with Gasteiger partial charge in [0.15, 0.2) is 5.82 Å². The molecule has 0 saturated heterocycles. The van der Waals surface area contributed by atoms with E-state index in [1.54, 1.807) is 13.0 Å². The molecule has 1 amide bonds. The largest absolute Gasteiger partial charge is 0.360 e. The molecule has 1 heterocycles. The summed E-state index contributed by atoms with van der Waals surface area (Å²) in [6.07, 6.45) is 0. The third-order valence-corrected chi connectivity index (χ3v) is 1.08. The number of nitrogens with two attached hydrogens (primary N) is 1. The fraction of sp³-hybridized carbons (Fsp3) is 0.333. The molecule has 0 spiro atoms. The molecule has 0 unspecified atom stereocenters. The molecule has 1 aromatic heterocycles. The molecule has 0 aromatic carbocycles. The minimum absolute atomic E-state index is 0.0497. The summed E-state index contributed by atoms with van der Waals surface area (Å²) in [5.74, 6) is 0.772. The Balaban J connectivity index is 2.57. The summed E-state index contributed by atoms with van der Waals surface area (Å²) in [5.41, 5.74) is 5.06. The Bertz CT molecular complexity index is 256. The van der Waals surface area contributed by atoms with Gasteiger partial charge in [-0.05, 0) is 6.92 Å². The topological polar surface area (TPSA) is 81.2 Å². The zero-order valence-electron chi connectivity index (χ0n) is 6.13. The molecule has 60 valence electrons. The van der Waals surface area contributed by atoms with Crippen molar-refractivity contribution in [2.75, 3.05) is 11.9 Å². The number of aromatic nitrogens is 1. The molecule has 11 heavy (non-hydrogen) atoms. The van der Waals surface area contributed by atoms with Gasteiger partial charge in [0.1, 0.15) is 5.76 Å². The van der Waals surface area contributed by atoms with Gasteiger partial charge < -0.3 is 15.6 Å². The Kier molecular flexibility index (Phi) is 2.22. The minimum Gasteiger partial charge on any atom is -0.360 e. The van der Waals surface area contributed by atoms with Crippen LogP contribution in [0.25, 0.3) is 0 Å². The zero-order chi connectivity index (χ0) is 8.27. The molecule has 0 aliphatic heterocycles. The molecule has 0 atom stereocenters. The number of rotatable bonds is 2. The van der Waals surface area contributed by atoms with Crippen molar-refractivity contribution in [2.45, 2.75) is 6.92 Å².